The van der Waals surface area contributed by atoms with E-state index in [2.05, 4.69) is 36.4 Å². The Morgan fingerprint density at radius 2 is 1.76 bits per heavy atom. The van der Waals surface area contributed by atoms with Gasteiger partial charge >= 0.3 is 0 Å². The molecule has 1 fully saturated rings. The number of rotatable bonds is 10. The first-order valence-electron chi connectivity index (χ1n) is 10.4. The van der Waals surface area contributed by atoms with E-state index in [1.807, 2.05) is 13.0 Å². The van der Waals surface area contributed by atoms with Crippen LogP contribution in [-0.2, 0) is 11.2 Å². The number of allylic oxidation sites excluding steroid dienone is 2. The molecule has 1 aliphatic carbocycles. The molecule has 1 aliphatic rings. The number of hydrogen-bond acceptors (Lipinski definition) is 1. The molecule has 0 atom stereocenters. The highest BCUT2D eigenvalue weighted by Gasteiger charge is 2.13. The number of carbonyl (C=O) groups excluding carboxylic acids is 1. The molecule has 25 heavy (non-hydrogen) atoms. The van der Waals surface area contributed by atoms with Gasteiger partial charge in [0.25, 0.3) is 0 Å². The average molecular weight is 343 g/mol. The smallest absolute Gasteiger partial charge is 0.129 e. The zero-order chi connectivity index (χ0) is 18.2. The minimum absolute atomic E-state index is 0.291. The van der Waals surface area contributed by atoms with Crippen molar-refractivity contribution in [2.75, 3.05) is 0 Å². The van der Waals surface area contributed by atoms with Gasteiger partial charge in [0.1, 0.15) is 5.78 Å². The van der Waals surface area contributed by atoms with Crippen molar-refractivity contribution < 1.29 is 4.79 Å². The molecule has 0 unspecified atom stereocenters. The molecule has 2 rings (SSSR count). The van der Waals surface area contributed by atoms with Crippen molar-refractivity contribution >= 4 is 5.78 Å². The van der Waals surface area contributed by atoms with Crippen LogP contribution in [0.3, 0.4) is 0 Å². The number of Topliss-reactive ketones (excluding diaryl/α,β-unsaturated/α-hetero) is 1. The highest BCUT2D eigenvalue weighted by Crippen LogP contribution is 2.29. The number of hydrogen-bond donors (Lipinski definition) is 0. The standard InChI is InChI=1S/C16H24.C8H14O/c1-3-9-15(10-4-1)11-5-2-6-12-16-13-7-8-14-16;1-3-4-5-6-7-8(2)9/h1,3-4,9-10,16H,2,5-8,11-14H2;3-4H,5-7H2,1-2H3/b;4-3-. The van der Waals surface area contributed by atoms with Gasteiger partial charge in [-0.15, -0.1) is 0 Å². The molecule has 0 aliphatic heterocycles. The summed E-state index contributed by atoms with van der Waals surface area (Å²) in [4.78, 5) is 10.4. The Labute approximate surface area is 155 Å². The molecule has 0 bridgehead atoms. The number of ketones is 1. The fourth-order valence-electron chi connectivity index (χ4n) is 3.52. The van der Waals surface area contributed by atoms with E-state index in [9.17, 15) is 4.79 Å². The van der Waals surface area contributed by atoms with Crippen molar-refractivity contribution in [1.82, 2.24) is 0 Å². The third-order valence-electron chi connectivity index (χ3n) is 5.03. The first-order valence-corrected chi connectivity index (χ1v) is 10.4. The van der Waals surface area contributed by atoms with Gasteiger partial charge in [0, 0.05) is 6.42 Å². The van der Waals surface area contributed by atoms with Crippen molar-refractivity contribution in [1.29, 1.82) is 0 Å². The Bertz CT molecular complexity index is 454. The average Bonchev–Trinajstić information content (AvgIpc) is 3.13. The minimum Gasteiger partial charge on any atom is -0.300 e. The maximum atomic E-state index is 10.4. The van der Waals surface area contributed by atoms with E-state index in [0.29, 0.717) is 5.78 Å². The molecule has 0 aromatic heterocycles. The summed E-state index contributed by atoms with van der Waals surface area (Å²) in [5.41, 5.74) is 1.50. The summed E-state index contributed by atoms with van der Waals surface area (Å²) in [6.45, 7) is 3.63. The quantitative estimate of drug-likeness (QED) is 0.322. The molecule has 1 nitrogen and oxygen atoms in total. The summed E-state index contributed by atoms with van der Waals surface area (Å²) in [5.74, 6) is 1.37. The lowest BCUT2D eigenvalue weighted by Crippen LogP contribution is -1.93. The van der Waals surface area contributed by atoms with Crippen LogP contribution >= 0.6 is 0 Å². The summed E-state index contributed by atoms with van der Waals surface area (Å²) in [6, 6.07) is 10.9. The zero-order valence-electron chi connectivity index (χ0n) is 16.5. The molecule has 0 heterocycles. The Kier molecular flexibility index (Phi) is 12.9. The second kappa shape index (κ2) is 14.9. The Morgan fingerprint density at radius 1 is 1.04 bits per heavy atom. The summed E-state index contributed by atoms with van der Waals surface area (Å²) < 4.78 is 0. The van der Waals surface area contributed by atoms with Crippen LogP contribution in [0.2, 0.25) is 0 Å². The van der Waals surface area contributed by atoms with E-state index in [4.69, 9.17) is 0 Å². The predicted octanol–water partition coefficient (Wildman–Crippen LogP) is 7.30. The summed E-state index contributed by atoms with van der Waals surface area (Å²) in [7, 11) is 0. The van der Waals surface area contributed by atoms with Gasteiger partial charge in [0.05, 0.1) is 0 Å². The van der Waals surface area contributed by atoms with E-state index in [0.717, 1.165) is 25.2 Å². The largest absolute Gasteiger partial charge is 0.300 e. The number of carbonyl (C=O) groups is 1. The van der Waals surface area contributed by atoms with E-state index in [1.165, 1.54) is 63.4 Å². The molecule has 0 radical (unpaired) electrons. The molecule has 1 saturated carbocycles. The maximum Gasteiger partial charge on any atom is 0.129 e. The van der Waals surface area contributed by atoms with Crippen LogP contribution in [0.5, 0.6) is 0 Å². The number of unbranched alkanes of at least 4 members (excludes halogenated alkanes) is 3. The molecular formula is C24H38O. The van der Waals surface area contributed by atoms with Gasteiger partial charge in [0.15, 0.2) is 0 Å². The van der Waals surface area contributed by atoms with Crippen LogP contribution in [-0.4, -0.2) is 5.78 Å². The van der Waals surface area contributed by atoms with Crippen LogP contribution in [0.25, 0.3) is 0 Å². The van der Waals surface area contributed by atoms with E-state index < -0.39 is 0 Å². The predicted molar refractivity (Wildman–Crippen MR) is 110 cm³/mol. The van der Waals surface area contributed by atoms with Gasteiger partial charge in [-0.25, -0.2) is 0 Å². The van der Waals surface area contributed by atoms with Crippen molar-refractivity contribution in [2.24, 2.45) is 5.92 Å². The highest BCUT2D eigenvalue weighted by molar-refractivity contribution is 5.75. The van der Waals surface area contributed by atoms with Gasteiger partial charge < -0.3 is 4.79 Å². The van der Waals surface area contributed by atoms with Gasteiger partial charge in [-0.05, 0) is 51.0 Å². The third kappa shape index (κ3) is 12.6. The molecule has 1 aromatic rings. The van der Waals surface area contributed by atoms with E-state index in [-0.39, 0.29) is 0 Å². The molecule has 0 spiro atoms. The van der Waals surface area contributed by atoms with Gasteiger partial charge in [-0.2, -0.15) is 0 Å². The van der Waals surface area contributed by atoms with E-state index in [1.54, 1.807) is 6.92 Å². The second-order valence-corrected chi connectivity index (χ2v) is 7.40. The normalized spacial score (nSPS) is 14.5. The Hall–Kier alpha value is -1.37. The van der Waals surface area contributed by atoms with Crippen LogP contribution in [0.4, 0.5) is 0 Å². The molecule has 0 N–H and O–H groups in total. The topological polar surface area (TPSA) is 17.1 Å². The third-order valence-corrected chi connectivity index (χ3v) is 5.03. The number of aryl methyl sites for hydroxylation is 1. The first-order chi connectivity index (χ1) is 12.2. The van der Waals surface area contributed by atoms with Crippen molar-refractivity contribution in [2.45, 2.75) is 90.9 Å². The molecule has 1 aromatic carbocycles. The van der Waals surface area contributed by atoms with Crippen LogP contribution < -0.4 is 0 Å². The Balaban J connectivity index is 0.000000299. The molecule has 0 amide bonds. The maximum absolute atomic E-state index is 10.4. The van der Waals surface area contributed by atoms with Crippen LogP contribution in [0, 0.1) is 5.92 Å². The fourth-order valence-corrected chi connectivity index (χ4v) is 3.52. The fraction of sp³-hybridized carbons (Fsp3) is 0.625. The van der Waals surface area contributed by atoms with Gasteiger partial charge in [-0.3, -0.25) is 0 Å². The lowest BCUT2D eigenvalue weighted by atomic mass is 9.98. The summed E-state index contributed by atoms with van der Waals surface area (Å²) in [6.07, 6.45) is 19.9. The van der Waals surface area contributed by atoms with Gasteiger partial charge in [0.2, 0.25) is 0 Å². The van der Waals surface area contributed by atoms with Crippen molar-refractivity contribution in [3.8, 4) is 0 Å². The van der Waals surface area contributed by atoms with Crippen LogP contribution in [0.1, 0.15) is 90.0 Å². The zero-order valence-corrected chi connectivity index (χ0v) is 16.5. The first kappa shape index (κ1) is 21.7. The minimum atomic E-state index is 0.291. The van der Waals surface area contributed by atoms with Gasteiger partial charge in [-0.1, -0.05) is 87.4 Å². The monoisotopic (exact) mass is 342 g/mol. The molecular weight excluding hydrogens is 304 g/mol. The Morgan fingerprint density at radius 3 is 2.40 bits per heavy atom. The molecule has 1 heteroatoms. The SMILES string of the molecule is C/C=C\CCCC(C)=O.c1ccc(CCCCCC2CCCC2)cc1. The van der Waals surface area contributed by atoms with Crippen LogP contribution in [0.15, 0.2) is 42.5 Å². The molecule has 140 valence electrons. The highest BCUT2D eigenvalue weighted by atomic mass is 16.1. The lowest BCUT2D eigenvalue weighted by Gasteiger charge is -2.07. The summed E-state index contributed by atoms with van der Waals surface area (Å²) in [5, 5.41) is 0. The van der Waals surface area contributed by atoms with Crippen molar-refractivity contribution in [3.63, 3.8) is 0 Å². The summed E-state index contributed by atoms with van der Waals surface area (Å²) >= 11 is 0. The van der Waals surface area contributed by atoms with Crippen molar-refractivity contribution in [3.05, 3.63) is 48.0 Å². The second-order valence-electron chi connectivity index (χ2n) is 7.40. The van der Waals surface area contributed by atoms with E-state index >= 15 is 0 Å². The molecule has 0 saturated heterocycles. The lowest BCUT2D eigenvalue weighted by molar-refractivity contribution is -0.117. The number of benzene rings is 1.